The molecule has 2 rings (SSSR count). The van der Waals surface area contributed by atoms with E-state index in [0.29, 0.717) is 17.1 Å². The molecule has 1 aliphatic carbocycles. The Morgan fingerprint density at radius 1 is 1.50 bits per heavy atom. The molecule has 1 fully saturated rings. The largest absolute Gasteiger partial charge is 0.397 e. The summed E-state index contributed by atoms with van der Waals surface area (Å²) in [6.45, 7) is 3.80. The molecule has 1 aliphatic rings. The van der Waals surface area contributed by atoms with Crippen LogP contribution in [-0.2, 0) is 0 Å². The summed E-state index contributed by atoms with van der Waals surface area (Å²) >= 11 is 1.50. The molecule has 0 bridgehead atoms. The molecule has 0 atom stereocenters. The van der Waals surface area contributed by atoms with E-state index in [1.165, 1.54) is 37.0 Å². The second-order valence-electron chi connectivity index (χ2n) is 5.66. The predicted molar refractivity (Wildman–Crippen MR) is 86.6 cm³/mol. The highest BCUT2D eigenvalue weighted by molar-refractivity contribution is 7.18. The van der Waals surface area contributed by atoms with E-state index in [0.717, 1.165) is 23.9 Å². The van der Waals surface area contributed by atoms with Crippen molar-refractivity contribution in [1.29, 1.82) is 0 Å². The maximum absolute atomic E-state index is 12.0. The lowest BCUT2D eigenvalue weighted by Gasteiger charge is -2.21. The molecule has 0 aromatic carbocycles. The third kappa shape index (κ3) is 3.66. The van der Waals surface area contributed by atoms with Gasteiger partial charge >= 0.3 is 0 Å². The summed E-state index contributed by atoms with van der Waals surface area (Å²) in [5.41, 5.74) is 6.58. The van der Waals surface area contributed by atoms with Crippen LogP contribution in [0.25, 0.3) is 0 Å². The summed E-state index contributed by atoms with van der Waals surface area (Å²) in [6.07, 6.45) is 6.31. The Bertz CT molecular complexity index is 452. The highest BCUT2D eigenvalue weighted by Crippen LogP contribution is 2.33. The molecule has 0 radical (unpaired) electrons. The molecule has 0 aliphatic heterocycles. The van der Waals surface area contributed by atoms with Gasteiger partial charge < -0.3 is 16.0 Å². The van der Waals surface area contributed by atoms with E-state index in [-0.39, 0.29) is 5.91 Å². The number of nitrogens with two attached hydrogens (primary N) is 1. The second-order valence-corrected chi connectivity index (χ2v) is 6.69. The van der Waals surface area contributed by atoms with Gasteiger partial charge in [-0.1, -0.05) is 19.8 Å². The van der Waals surface area contributed by atoms with E-state index in [1.54, 1.807) is 0 Å². The number of nitrogen functional groups attached to an aromatic ring is 1. The fourth-order valence-electron chi connectivity index (χ4n) is 2.75. The minimum atomic E-state index is -0.0464. The minimum Gasteiger partial charge on any atom is -0.397 e. The summed E-state index contributed by atoms with van der Waals surface area (Å²) in [5, 5.41) is 3.98. The Kier molecular flexibility index (Phi) is 5.29. The van der Waals surface area contributed by atoms with Crippen LogP contribution < -0.4 is 16.0 Å². The van der Waals surface area contributed by atoms with Crippen LogP contribution >= 0.6 is 11.3 Å². The van der Waals surface area contributed by atoms with Crippen molar-refractivity contribution in [1.82, 2.24) is 5.32 Å². The molecular formula is C15H25N3OS. The van der Waals surface area contributed by atoms with Crippen molar-refractivity contribution < 1.29 is 4.79 Å². The molecule has 0 saturated heterocycles. The molecular weight excluding hydrogens is 270 g/mol. The van der Waals surface area contributed by atoms with Gasteiger partial charge in [-0.3, -0.25) is 4.79 Å². The van der Waals surface area contributed by atoms with E-state index < -0.39 is 0 Å². The quantitative estimate of drug-likeness (QED) is 0.848. The number of hydrogen-bond donors (Lipinski definition) is 2. The van der Waals surface area contributed by atoms with Crippen LogP contribution in [0.3, 0.4) is 0 Å². The van der Waals surface area contributed by atoms with Crippen LogP contribution in [0.1, 0.15) is 48.7 Å². The van der Waals surface area contributed by atoms with Crippen molar-refractivity contribution in [2.45, 2.75) is 39.0 Å². The lowest BCUT2D eigenvalue weighted by molar-refractivity contribution is 0.0958. The third-order valence-corrected chi connectivity index (χ3v) is 5.14. The second kappa shape index (κ2) is 6.97. The molecule has 0 spiro atoms. The Morgan fingerprint density at radius 3 is 2.85 bits per heavy atom. The van der Waals surface area contributed by atoms with Crippen LogP contribution in [-0.4, -0.2) is 26.0 Å². The fourth-order valence-corrected chi connectivity index (χ4v) is 3.71. The number of nitrogens with one attached hydrogen (secondary N) is 1. The van der Waals surface area contributed by atoms with Crippen LogP contribution in [0, 0.1) is 5.92 Å². The maximum atomic E-state index is 12.0. The zero-order chi connectivity index (χ0) is 14.5. The zero-order valence-electron chi connectivity index (χ0n) is 12.4. The van der Waals surface area contributed by atoms with Crippen molar-refractivity contribution in [3.63, 3.8) is 0 Å². The maximum Gasteiger partial charge on any atom is 0.263 e. The van der Waals surface area contributed by atoms with Gasteiger partial charge in [-0.15, -0.1) is 11.3 Å². The fraction of sp³-hybridized carbons (Fsp3) is 0.667. The standard InChI is InChI=1S/C15H25N3OS/c1-3-8-17-15(19)14-12(16)9-13(20-14)18(2)10-11-6-4-5-7-11/h9,11H,3-8,10,16H2,1-2H3,(H,17,19). The number of amides is 1. The van der Waals surface area contributed by atoms with Gasteiger partial charge in [0.1, 0.15) is 4.88 Å². The Hall–Kier alpha value is -1.23. The number of thiophene rings is 1. The first-order valence-electron chi connectivity index (χ1n) is 7.50. The van der Waals surface area contributed by atoms with Crippen molar-refractivity contribution in [2.24, 2.45) is 5.92 Å². The number of carbonyl (C=O) groups is 1. The van der Waals surface area contributed by atoms with E-state index >= 15 is 0 Å². The first-order valence-corrected chi connectivity index (χ1v) is 8.32. The predicted octanol–water partition coefficient (Wildman–Crippen LogP) is 3.10. The topological polar surface area (TPSA) is 58.4 Å². The average molecular weight is 295 g/mol. The highest BCUT2D eigenvalue weighted by atomic mass is 32.1. The van der Waals surface area contributed by atoms with E-state index in [1.807, 2.05) is 13.0 Å². The summed E-state index contributed by atoms with van der Waals surface area (Å²) < 4.78 is 0. The number of anilines is 2. The molecule has 1 heterocycles. The number of carbonyl (C=O) groups excluding carboxylic acids is 1. The number of rotatable bonds is 6. The SMILES string of the molecule is CCCNC(=O)c1sc(N(C)CC2CCCC2)cc1N. The van der Waals surface area contributed by atoms with Gasteiger partial charge in [0.2, 0.25) is 0 Å². The zero-order valence-corrected chi connectivity index (χ0v) is 13.3. The summed E-state index contributed by atoms with van der Waals surface area (Å²) in [7, 11) is 2.09. The lowest BCUT2D eigenvalue weighted by atomic mass is 10.1. The van der Waals surface area contributed by atoms with E-state index in [2.05, 4.69) is 17.3 Å². The highest BCUT2D eigenvalue weighted by Gasteiger charge is 2.20. The summed E-state index contributed by atoms with van der Waals surface area (Å²) in [4.78, 5) is 14.9. The van der Waals surface area contributed by atoms with Crippen LogP contribution in [0.15, 0.2) is 6.07 Å². The van der Waals surface area contributed by atoms with Crippen LogP contribution in [0.4, 0.5) is 10.7 Å². The molecule has 1 aromatic heterocycles. The van der Waals surface area contributed by atoms with Gasteiger partial charge in [-0.2, -0.15) is 0 Å². The van der Waals surface area contributed by atoms with Gasteiger partial charge in [-0.05, 0) is 31.2 Å². The smallest absolute Gasteiger partial charge is 0.263 e. The summed E-state index contributed by atoms with van der Waals surface area (Å²) in [6, 6.07) is 1.93. The van der Waals surface area contributed by atoms with Crippen molar-refractivity contribution in [2.75, 3.05) is 30.8 Å². The van der Waals surface area contributed by atoms with Gasteiger partial charge in [0.05, 0.1) is 10.7 Å². The van der Waals surface area contributed by atoms with E-state index in [4.69, 9.17) is 5.73 Å². The Balaban J connectivity index is 1.99. The molecule has 0 unspecified atom stereocenters. The van der Waals surface area contributed by atoms with Gasteiger partial charge in [0.25, 0.3) is 5.91 Å². The first-order chi connectivity index (χ1) is 9.61. The molecule has 20 heavy (non-hydrogen) atoms. The monoisotopic (exact) mass is 295 g/mol. The molecule has 1 saturated carbocycles. The molecule has 112 valence electrons. The van der Waals surface area contributed by atoms with Gasteiger partial charge in [0.15, 0.2) is 0 Å². The first kappa shape index (κ1) is 15.2. The van der Waals surface area contributed by atoms with Crippen molar-refractivity contribution >= 4 is 27.9 Å². The van der Waals surface area contributed by atoms with Gasteiger partial charge in [-0.25, -0.2) is 0 Å². The van der Waals surface area contributed by atoms with E-state index in [9.17, 15) is 4.79 Å². The average Bonchev–Trinajstić information content (AvgIpc) is 3.05. The van der Waals surface area contributed by atoms with Crippen LogP contribution in [0.2, 0.25) is 0 Å². The van der Waals surface area contributed by atoms with Crippen molar-refractivity contribution in [3.05, 3.63) is 10.9 Å². The summed E-state index contributed by atoms with van der Waals surface area (Å²) in [5.74, 6) is 0.746. The molecule has 4 nitrogen and oxygen atoms in total. The Labute approximate surface area is 125 Å². The third-order valence-electron chi connectivity index (χ3n) is 3.87. The molecule has 3 N–H and O–H groups in total. The minimum absolute atomic E-state index is 0.0464. The number of hydrogen-bond acceptors (Lipinski definition) is 4. The Morgan fingerprint density at radius 2 is 2.20 bits per heavy atom. The normalized spacial score (nSPS) is 15.5. The molecule has 5 heteroatoms. The van der Waals surface area contributed by atoms with Crippen LogP contribution in [0.5, 0.6) is 0 Å². The molecule has 1 amide bonds. The van der Waals surface area contributed by atoms with Crippen molar-refractivity contribution in [3.8, 4) is 0 Å². The van der Waals surface area contributed by atoms with Gasteiger partial charge in [0, 0.05) is 20.1 Å². The lowest BCUT2D eigenvalue weighted by Crippen LogP contribution is -2.24. The molecule has 1 aromatic rings. The number of nitrogens with zero attached hydrogens (tertiary/aromatic N) is 1.